The summed E-state index contributed by atoms with van der Waals surface area (Å²) in [5, 5.41) is 3.92. The van der Waals surface area contributed by atoms with Crippen LogP contribution in [0, 0.1) is 26.7 Å². The average molecular weight is 341 g/mol. The van der Waals surface area contributed by atoms with Gasteiger partial charge in [-0.1, -0.05) is 22.9 Å². The summed E-state index contributed by atoms with van der Waals surface area (Å²) >= 11 is 0. The molecule has 25 heavy (non-hydrogen) atoms. The molecule has 0 aliphatic carbocycles. The van der Waals surface area contributed by atoms with Crippen LogP contribution in [-0.4, -0.2) is 35.5 Å². The van der Waals surface area contributed by atoms with Crippen LogP contribution in [0.4, 0.5) is 5.69 Å². The Balaban J connectivity index is 1.69. The molecular formula is C19H23N3O3. The zero-order chi connectivity index (χ0) is 18.1. The standard InChI is InChI=1S/C19H23N3O3/c1-12-5-7-16(8-6-12)22-10-15(9-18(22)23)19(24)21(4)11-17-13(2)20-25-14(17)3/h5-8,15H,9-11H2,1-4H3/t15-/m1/s1. The molecule has 1 aromatic heterocycles. The molecule has 0 bridgehead atoms. The van der Waals surface area contributed by atoms with Crippen molar-refractivity contribution < 1.29 is 14.1 Å². The first-order valence-corrected chi connectivity index (χ1v) is 8.40. The third-order valence-electron chi connectivity index (χ3n) is 4.77. The predicted molar refractivity (Wildman–Crippen MR) is 94.1 cm³/mol. The number of hydrogen-bond acceptors (Lipinski definition) is 4. The highest BCUT2D eigenvalue weighted by Crippen LogP contribution is 2.27. The highest BCUT2D eigenvalue weighted by molar-refractivity contribution is 6.00. The Morgan fingerprint density at radius 3 is 2.56 bits per heavy atom. The van der Waals surface area contributed by atoms with Crippen molar-refractivity contribution in [3.63, 3.8) is 0 Å². The monoisotopic (exact) mass is 341 g/mol. The van der Waals surface area contributed by atoms with Gasteiger partial charge < -0.3 is 14.3 Å². The van der Waals surface area contributed by atoms with E-state index in [9.17, 15) is 9.59 Å². The van der Waals surface area contributed by atoms with Gasteiger partial charge in [0, 0.05) is 31.3 Å². The second kappa shape index (κ2) is 6.70. The van der Waals surface area contributed by atoms with Gasteiger partial charge in [0.05, 0.1) is 18.2 Å². The van der Waals surface area contributed by atoms with Gasteiger partial charge >= 0.3 is 0 Å². The number of rotatable bonds is 4. The minimum atomic E-state index is -0.320. The summed E-state index contributed by atoms with van der Waals surface area (Å²) in [6.45, 7) is 6.57. The van der Waals surface area contributed by atoms with E-state index < -0.39 is 0 Å². The Morgan fingerprint density at radius 1 is 1.28 bits per heavy atom. The lowest BCUT2D eigenvalue weighted by atomic mass is 10.1. The van der Waals surface area contributed by atoms with Crippen LogP contribution in [-0.2, 0) is 16.1 Å². The number of aryl methyl sites for hydroxylation is 3. The Labute approximate surface area is 147 Å². The quantitative estimate of drug-likeness (QED) is 0.857. The molecule has 2 amide bonds. The molecule has 0 radical (unpaired) electrons. The van der Waals surface area contributed by atoms with E-state index in [1.807, 2.05) is 45.0 Å². The summed E-state index contributed by atoms with van der Waals surface area (Å²) in [7, 11) is 1.76. The molecule has 1 aromatic carbocycles. The fraction of sp³-hybridized carbons (Fsp3) is 0.421. The molecule has 1 aliphatic heterocycles. The second-order valence-electron chi connectivity index (χ2n) is 6.74. The van der Waals surface area contributed by atoms with E-state index in [2.05, 4.69) is 5.16 Å². The Bertz CT molecular complexity index is 775. The van der Waals surface area contributed by atoms with Crippen molar-refractivity contribution in [2.75, 3.05) is 18.5 Å². The summed E-state index contributed by atoms with van der Waals surface area (Å²) in [4.78, 5) is 28.5. The number of nitrogens with zero attached hydrogens (tertiary/aromatic N) is 3. The molecule has 1 aliphatic rings. The largest absolute Gasteiger partial charge is 0.361 e. The number of amides is 2. The lowest BCUT2D eigenvalue weighted by molar-refractivity contribution is -0.135. The number of benzene rings is 1. The molecule has 0 saturated carbocycles. The van der Waals surface area contributed by atoms with Gasteiger partial charge in [0.15, 0.2) is 0 Å². The average Bonchev–Trinajstić information content (AvgIpc) is 3.12. The molecule has 1 atom stereocenters. The normalized spacial score (nSPS) is 17.2. The number of carbonyl (C=O) groups excluding carboxylic acids is 2. The lowest BCUT2D eigenvalue weighted by Gasteiger charge is -2.21. The van der Waals surface area contributed by atoms with E-state index in [-0.39, 0.29) is 24.2 Å². The van der Waals surface area contributed by atoms with Crippen molar-refractivity contribution in [2.24, 2.45) is 5.92 Å². The zero-order valence-corrected chi connectivity index (χ0v) is 15.1. The number of anilines is 1. The number of carbonyl (C=O) groups is 2. The van der Waals surface area contributed by atoms with Crippen LogP contribution >= 0.6 is 0 Å². The van der Waals surface area contributed by atoms with Gasteiger partial charge in [0.25, 0.3) is 0 Å². The van der Waals surface area contributed by atoms with Crippen molar-refractivity contribution in [3.05, 3.63) is 46.8 Å². The van der Waals surface area contributed by atoms with Crippen LogP contribution in [0.1, 0.15) is 29.0 Å². The molecule has 2 aromatic rings. The molecule has 132 valence electrons. The van der Waals surface area contributed by atoms with E-state index in [0.29, 0.717) is 13.1 Å². The SMILES string of the molecule is Cc1ccc(N2C[C@H](C(=O)N(C)Cc3c(C)noc3C)CC2=O)cc1. The minimum absolute atomic E-state index is 0.00654. The van der Waals surface area contributed by atoms with E-state index in [4.69, 9.17) is 4.52 Å². The van der Waals surface area contributed by atoms with E-state index in [1.54, 1.807) is 16.8 Å². The first-order chi connectivity index (χ1) is 11.9. The summed E-state index contributed by atoms with van der Waals surface area (Å²) in [5.74, 6) is 0.371. The topological polar surface area (TPSA) is 66.7 Å². The van der Waals surface area contributed by atoms with Gasteiger partial charge in [0.2, 0.25) is 11.8 Å². The smallest absolute Gasteiger partial charge is 0.228 e. The molecule has 6 nitrogen and oxygen atoms in total. The molecule has 3 rings (SSSR count). The minimum Gasteiger partial charge on any atom is -0.361 e. The highest BCUT2D eigenvalue weighted by atomic mass is 16.5. The van der Waals surface area contributed by atoms with Gasteiger partial charge in [-0.25, -0.2) is 0 Å². The lowest BCUT2D eigenvalue weighted by Crippen LogP contribution is -2.34. The van der Waals surface area contributed by atoms with Crippen LogP contribution < -0.4 is 4.90 Å². The molecule has 2 heterocycles. The Hall–Kier alpha value is -2.63. The van der Waals surface area contributed by atoms with Crippen molar-refractivity contribution >= 4 is 17.5 Å². The highest BCUT2D eigenvalue weighted by Gasteiger charge is 2.36. The van der Waals surface area contributed by atoms with E-state index in [0.717, 1.165) is 28.3 Å². The first-order valence-electron chi connectivity index (χ1n) is 8.40. The summed E-state index contributed by atoms with van der Waals surface area (Å²) in [6.07, 6.45) is 0.249. The van der Waals surface area contributed by atoms with E-state index >= 15 is 0 Å². The van der Waals surface area contributed by atoms with Gasteiger partial charge in [-0.15, -0.1) is 0 Å². The summed E-state index contributed by atoms with van der Waals surface area (Å²) < 4.78 is 5.15. The van der Waals surface area contributed by atoms with Crippen molar-refractivity contribution in [1.82, 2.24) is 10.1 Å². The maximum absolute atomic E-state index is 12.8. The maximum atomic E-state index is 12.8. The molecular weight excluding hydrogens is 318 g/mol. The van der Waals surface area contributed by atoms with Crippen LogP contribution in [0.15, 0.2) is 28.8 Å². The van der Waals surface area contributed by atoms with Gasteiger partial charge in [-0.3, -0.25) is 9.59 Å². The van der Waals surface area contributed by atoms with Crippen LogP contribution in [0.2, 0.25) is 0 Å². The molecule has 0 N–H and O–H groups in total. The number of aromatic nitrogens is 1. The second-order valence-corrected chi connectivity index (χ2v) is 6.74. The zero-order valence-electron chi connectivity index (χ0n) is 15.1. The first kappa shape index (κ1) is 17.2. The van der Waals surface area contributed by atoms with E-state index in [1.165, 1.54) is 0 Å². The fourth-order valence-corrected chi connectivity index (χ4v) is 3.20. The molecule has 6 heteroatoms. The van der Waals surface area contributed by atoms with Crippen LogP contribution in [0.3, 0.4) is 0 Å². The Morgan fingerprint density at radius 2 is 1.96 bits per heavy atom. The maximum Gasteiger partial charge on any atom is 0.228 e. The van der Waals surface area contributed by atoms with Crippen LogP contribution in [0.25, 0.3) is 0 Å². The number of hydrogen-bond donors (Lipinski definition) is 0. The third kappa shape index (κ3) is 3.43. The fourth-order valence-electron chi connectivity index (χ4n) is 3.20. The van der Waals surface area contributed by atoms with Gasteiger partial charge in [-0.2, -0.15) is 0 Å². The van der Waals surface area contributed by atoms with Crippen LogP contribution in [0.5, 0.6) is 0 Å². The van der Waals surface area contributed by atoms with Gasteiger partial charge in [0.1, 0.15) is 5.76 Å². The molecule has 0 spiro atoms. The van der Waals surface area contributed by atoms with Crippen molar-refractivity contribution in [3.8, 4) is 0 Å². The summed E-state index contributed by atoms with van der Waals surface area (Å²) in [5.41, 5.74) is 3.71. The molecule has 1 fully saturated rings. The third-order valence-corrected chi connectivity index (χ3v) is 4.77. The summed E-state index contributed by atoms with van der Waals surface area (Å²) in [6, 6.07) is 7.80. The predicted octanol–water partition coefficient (Wildman–Crippen LogP) is 2.61. The van der Waals surface area contributed by atoms with Gasteiger partial charge in [-0.05, 0) is 32.9 Å². The molecule has 1 saturated heterocycles. The Kier molecular flexibility index (Phi) is 4.61. The van der Waals surface area contributed by atoms with Crippen molar-refractivity contribution in [1.29, 1.82) is 0 Å². The van der Waals surface area contributed by atoms with Crippen molar-refractivity contribution in [2.45, 2.75) is 33.7 Å². The molecule has 0 unspecified atom stereocenters.